The number of amides is 1. The molecule has 1 amide bonds. The largest absolute Gasteiger partial charge is 0.395 e. The lowest BCUT2D eigenvalue weighted by Crippen LogP contribution is -2.34. The Kier molecular flexibility index (Phi) is 6.63. The fourth-order valence-electron chi connectivity index (χ4n) is 2.28. The van der Waals surface area contributed by atoms with Crippen molar-refractivity contribution in [3.8, 4) is 0 Å². The molecule has 1 aromatic heterocycles. The molecule has 1 aromatic carbocycles. The van der Waals surface area contributed by atoms with Crippen LogP contribution in [0, 0.1) is 0 Å². The summed E-state index contributed by atoms with van der Waals surface area (Å²) in [5.74, 6) is -0.274. The molecule has 8 heteroatoms. The molecule has 0 radical (unpaired) electrons. The van der Waals surface area contributed by atoms with Crippen molar-refractivity contribution >= 4 is 15.9 Å². The molecule has 0 saturated heterocycles. The van der Waals surface area contributed by atoms with Crippen molar-refractivity contribution < 1.29 is 18.3 Å². The second kappa shape index (κ2) is 8.70. The summed E-state index contributed by atoms with van der Waals surface area (Å²) < 4.78 is 26.1. The normalized spacial score (nSPS) is 12.6. The average molecular weight is 363 g/mol. The minimum absolute atomic E-state index is 0.0425. The molecule has 0 spiro atoms. The Morgan fingerprint density at radius 2 is 1.96 bits per heavy atom. The van der Waals surface area contributed by atoms with Crippen LogP contribution in [0.1, 0.15) is 22.8 Å². The summed E-state index contributed by atoms with van der Waals surface area (Å²) in [5, 5.41) is 11.6. The maximum atomic E-state index is 12.3. The Morgan fingerprint density at radius 3 is 2.56 bits per heavy atom. The molecule has 1 atom stereocenters. The van der Waals surface area contributed by atoms with Crippen LogP contribution in [0.4, 0.5) is 0 Å². The van der Waals surface area contributed by atoms with E-state index in [0.29, 0.717) is 12.0 Å². The van der Waals surface area contributed by atoms with Crippen LogP contribution in [0.2, 0.25) is 0 Å². The molecule has 1 heterocycles. The third-order valence-electron chi connectivity index (χ3n) is 3.47. The van der Waals surface area contributed by atoms with Crippen LogP contribution in [0.3, 0.4) is 0 Å². The van der Waals surface area contributed by atoms with E-state index in [9.17, 15) is 13.2 Å². The van der Waals surface area contributed by atoms with E-state index in [1.807, 2.05) is 19.1 Å². The molecule has 0 aliphatic carbocycles. The third-order valence-corrected chi connectivity index (χ3v) is 4.95. The van der Waals surface area contributed by atoms with E-state index >= 15 is 0 Å². The van der Waals surface area contributed by atoms with Gasteiger partial charge >= 0.3 is 0 Å². The monoisotopic (exact) mass is 363 g/mol. The van der Waals surface area contributed by atoms with Crippen LogP contribution in [-0.2, 0) is 16.4 Å². The maximum Gasteiger partial charge on any atom is 0.251 e. The summed E-state index contributed by atoms with van der Waals surface area (Å²) in [5.41, 5.74) is 1.39. The van der Waals surface area contributed by atoms with Crippen LogP contribution >= 0.6 is 0 Å². The van der Waals surface area contributed by atoms with Gasteiger partial charge in [-0.1, -0.05) is 6.07 Å². The van der Waals surface area contributed by atoms with E-state index < -0.39 is 10.0 Å². The Hall–Kier alpha value is -2.29. The molecule has 134 valence electrons. The van der Waals surface area contributed by atoms with Gasteiger partial charge in [0.1, 0.15) is 0 Å². The average Bonchev–Trinajstić information content (AvgIpc) is 2.61. The van der Waals surface area contributed by atoms with Crippen molar-refractivity contribution in [3.63, 3.8) is 0 Å². The van der Waals surface area contributed by atoms with E-state index in [1.165, 1.54) is 24.3 Å². The van der Waals surface area contributed by atoms with Gasteiger partial charge in [-0.05, 0) is 49.2 Å². The van der Waals surface area contributed by atoms with E-state index in [-0.39, 0.29) is 30.0 Å². The maximum absolute atomic E-state index is 12.3. The Morgan fingerprint density at radius 1 is 1.24 bits per heavy atom. The van der Waals surface area contributed by atoms with Crippen molar-refractivity contribution in [2.45, 2.75) is 24.3 Å². The van der Waals surface area contributed by atoms with Gasteiger partial charge in [-0.25, -0.2) is 13.1 Å². The van der Waals surface area contributed by atoms with Gasteiger partial charge in [-0.2, -0.15) is 0 Å². The first-order chi connectivity index (χ1) is 11.9. The summed E-state index contributed by atoms with van der Waals surface area (Å²) in [6.07, 6.45) is 4.09. The fraction of sp³-hybridized carbons (Fsp3) is 0.294. The molecule has 2 aromatic rings. The minimum atomic E-state index is -3.68. The number of hydrogen-bond donors (Lipinski definition) is 3. The molecule has 3 N–H and O–H groups in total. The molecule has 2 rings (SSSR count). The van der Waals surface area contributed by atoms with Gasteiger partial charge in [0.25, 0.3) is 5.91 Å². The molecule has 0 bridgehead atoms. The Bertz CT molecular complexity index is 792. The lowest BCUT2D eigenvalue weighted by Gasteiger charge is -2.14. The quantitative estimate of drug-likeness (QED) is 0.640. The number of aliphatic hydroxyl groups is 1. The summed E-state index contributed by atoms with van der Waals surface area (Å²) in [6, 6.07) is 9.33. The zero-order valence-corrected chi connectivity index (χ0v) is 14.7. The van der Waals surface area contributed by atoms with Gasteiger partial charge in [0.2, 0.25) is 10.0 Å². The zero-order chi connectivity index (χ0) is 18.3. The third kappa shape index (κ3) is 5.63. The number of aliphatic hydroxyl groups excluding tert-OH is 1. The molecule has 7 nitrogen and oxygen atoms in total. The smallest absolute Gasteiger partial charge is 0.251 e. The second-order valence-corrected chi connectivity index (χ2v) is 7.35. The lowest BCUT2D eigenvalue weighted by molar-refractivity contribution is 0.0940. The van der Waals surface area contributed by atoms with Gasteiger partial charge in [-0.3, -0.25) is 9.78 Å². The number of sulfonamides is 1. The number of carbonyl (C=O) groups is 1. The van der Waals surface area contributed by atoms with Gasteiger partial charge in [0, 0.05) is 30.5 Å². The number of nitrogens with one attached hydrogen (secondary N) is 2. The van der Waals surface area contributed by atoms with E-state index in [4.69, 9.17) is 5.11 Å². The number of aromatic nitrogens is 1. The number of nitrogens with zero attached hydrogens (tertiary/aromatic N) is 1. The molecular weight excluding hydrogens is 342 g/mol. The van der Waals surface area contributed by atoms with Gasteiger partial charge in [-0.15, -0.1) is 0 Å². The highest BCUT2D eigenvalue weighted by Gasteiger charge is 2.15. The standard InChI is InChI=1S/C17H21N3O4S/c1-13(11-14-3-2-8-18-12-14)20-17(22)15-4-6-16(7-5-15)25(23,24)19-9-10-21/h2-8,12-13,19,21H,9-11H2,1H3,(H,20,22)/t13-/m0/s1. The first-order valence-corrected chi connectivity index (χ1v) is 9.31. The van der Waals surface area contributed by atoms with E-state index in [2.05, 4.69) is 15.0 Å². The number of pyridine rings is 1. The molecule has 0 fully saturated rings. The predicted octanol–water partition coefficient (Wildman–Crippen LogP) is 0.713. The molecular formula is C17H21N3O4S. The van der Waals surface area contributed by atoms with Crippen molar-refractivity contribution in [2.24, 2.45) is 0 Å². The topological polar surface area (TPSA) is 108 Å². The van der Waals surface area contributed by atoms with Gasteiger partial charge in [0.15, 0.2) is 0 Å². The van der Waals surface area contributed by atoms with Crippen molar-refractivity contribution in [3.05, 3.63) is 59.9 Å². The van der Waals surface area contributed by atoms with Gasteiger partial charge in [0.05, 0.1) is 11.5 Å². The minimum Gasteiger partial charge on any atom is -0.395 e. The Balaban J connectivity index is 1.98. The summed E-state index contributed by atoms with van der Waals surface area (Å²) >= 11 is 0. The second-order valence-electron chi connectivity index (χ2n) is 5.59. The van der Waals surface area contributed by atoms with Gasteiger partial charge < -0.3 is 10.4 Å². The number of rotatable bonds is 8. The first kappa shape index (κ1) is 19.0. The number of hydrogen-bond acceptors (Lipinski definition) is 5. The summed E-state index contributed by atoms with van der Waals surface area (Å²) in [6.45, 7) is 1.55. The SMILES string of the molecule is C[C@@H](Cc1cccnc1)NC(=O)c1ccc(S(=O)(=O)NCCO)cc1. The summed E-state index contributed by atoms with van der Waals surface area (Å²) in [4.78, 5) is 16.3. The highest BCUT2D eigenvalue weighted by atomic mass is 32.2. The van der Waals surface area contributed by atoms with Crippen molar-refractivity contribution in [2.75, 3.05) is 13.2 Å². The van der Waals surface area contributed by atoms with Crippen LogP contribution < -0.4 is 10.0 Å². The van der Waals surface area contributed by atoms with Crippen LogP contribution in [0.15, 0.2) is 53.7 Å². The highest BCUT2D eigenvalue weighted by molar-refractivity contribution is 7.89. The zero-order valence-electron chi connectivity index (χ0n) is 13.8. The van der Waals surface area contributed by atoms with Crippen LogP contribution in [-0.4, -0.2) is 43.6 Å². The summed E-state index contributed by atoms with van der Waals surface area (Å²) in [7, 11) is -3.68. The highest BCUT2D eigenvalue weighted by Crippen LogP contribution is 2.11. The van der Waals surface area contributed by atoms with Crippen molar-refractivity contribution in [1.82, 2.24) is 15.0 Å². The first-order valence-electron chi connectivity index (χ1n) is 7.83. The lowest BCUT2D eigenvalue weighted by atomic mass is 10.1. The Labute approximate surface area is 147 Å². The molecule has 0 aliphatic heterocycles. The molecule has 0 saturated carbocycles. The molecule has 25 heavy (non-hydrogen) atoms. The van der Waals surface area contributed by atoms with Crippen molar-refractivity contribution in [1.29, 1.82) is 0 Å². The van der Waals surface area contributed by atoms with E-state index in [1.54, 1.807) is 12.4 Å². The van der Waals surface area contributed by atoms with Crippen LogP contribution in [0.5, 0.6) is 0 Å². The number of carbonyl (C=O) groups excluding carboxylic acids is 1. The molecule has 0 aliphatic rings. The van der Waals surface area contributed by atoms with E-state index in [0.717, 1.165) is 5.56 Å². The number of benzene rings is 1. The van der Waals surface area contributed by atoms with Crippen LogP contribution in [0.25, 0.3) is 0 Å². The fourth-order valence-corrected chi connectivity index (χ4v) is 3.30. The molecule has 0 unspecified atom stereocenters. The predicted molar refractivity (Wildman–Crippen MR) is 93.6 cm³/mol.